The molecule has 7 nitrogen and oxygen atoms in total. The van der Waals surface area contributed by atoms with E-state index < -0.39 is 10.0 Å². The Morgan fingerprint density at radius 1 is 1.25 bits per heavy atom. The molecule has 0 unspecified atom stereocenters. The van der Waals surface area contributed by atoms with Gasteiger partial charge < -0.3 is 9.42 Å². The summed E-state index contributed by atoms with van der Waals surface area (Å²) >= 11 is 4.46. The zero-order chi connectivity index (χ0) is 17.5. The van der Waals surface area contributed by atoms with Crippen molar-refractivity contribution >= 4 is 43.2 Å². The van der Waals surface area contributed by atoms with Crippen LogP contribution < -0.4 is 0 Å². The number of aromatic nitrogens is 1. The summed E-state index contributed by atoms with van der Waals surface area (Å²) in [6, 6.07) is 3.31. The van der Waals surface area contributed by atoms with Crippen molar-refractivity contribution in [1.82, 2.24) is 14.4 Å². The standard InChI is InChI=1S/C14H16BrN3O4S2/c1-9-13(10(2)22-16-9)14(19)17-5-7-18(8-6-17)24(20,21)12-4-3-11(15)23-12/h3-4H,5-8H2,1-2H3. The minimum atomic E-state index is -3.51. The van der Waals surface area contributed by atoms with E-state index in [-0.39, 0.29) is 19.0 Å². The Hall–Kier alpha value is -1.23. The van der Waals surface area contributed by atoms with E-state index in [1.165, 1.54) is 15.6 Å². The molecule has 24 heavy (non-hydrogen) atoms. The molecule has 0 N–H and O–H groups in total. The van der Waals surface area contributed by atoms with Crippen molar-refractivity contribution in [3.05, 3.63) is 32.9 Å². The average Bonchev–Trinajstić information content (AvgIpc) is 3.13. The molecule has 0 aromatic carbocycles. The van der Waals surface area contributed by atoms with E-state index in [2.05, 4.69) is 21.1 Å². The first-order valence-electron chi connectivity index (χ1n) is 7.28. The quantitative estimate of drug-likeness (QED) is 0.740. The van der Waals surface area contributed by atoms with Crippen molar-refractivity contribution in [3.63, 3.8) is 0 Å². The van der Waals surface area contributed by atoms with E-state index in [1.54, 1.807) is 30.9 Å². The van der Waals surface area contributed by atoms with E-state index in [1.807, 2.05) is 0 Å². The Kier molecular flexibility index (Phi) is 4.82. The molecule has 130 valence electrons. The van der Waals surface area contributed by atoms with Crippen LogP contribution in [0.5, 0.6) is 0 Å². The molecule has 2 aromatic rings. The van der Waals surface area contributed by atoms with Crippen molar-refractivity contribution in [2.24, 2.45) is 0 Å². The maximum Gasteiger partial charge on any atom is 0.259 e. The average molecular weight is 434 g/mol. The summed E-state index contributed by atoms with van der Waals surface area (Å²) in [4.78, 5) is 14.2. The molecule has 0 aliphatic carbocycles. The molecule has 0 radical (unpaired) electrons. The molecular weight excluding hydrogens is 418 g/mol. The number of piperazine rings is 1. The predicted octanol–water partition coefficient (Wildman–Crippen LogP) is 2.26. The molecule has 1 aliphatic heterocycles. The molecule has 1 amide bonds. The Balaban J connectivity index is 1.71. The summed E-state index contributed by atoms with van der Waals surface area (Å²) in [6.45, 7) is 4.64. The van der Waals surface area contributed by atoms with Gasteiger partial charge in [0.15, 0.2) is 0 Å². The number of hydrogen-bond donors (Lipinski definition) is 0. The lowest BCUT2D eigenvalue weighted by Crippen LogP contribution is -2.50. The van der Waals surface area contributed by atoms with Gasteiger partial charge in [0.25, 0.3) is 15.9 Å². The number of aryl methyl sites for hydroxylation is 2. The molecule has 1 fully saturated rings. The van der Waals surface area contributed by atoms with Crippen molar-refractivity contribution in [2.45, 2.75) is 18.1 Å². The lowest BCUT2D eigenvalue weighted by atomic mass is 10.1. The van der Waals surface area contributed by atoms with Gasteiger partial charge in [0, 0.05) is 26.2 Å². The minimum absolute atomic E-state index is 0.165. The lowest BCUT2D eigenvalue weighted by molar-refractivity contribution is 0.0695. The molecule has 10 heteroatoms. The van der Waals surface area contributed by atoms with Gasteiger partial charge in [-0.3, -0.25) is 4.79 Å². The second-order valence-corrected chi connectivity index (χ2v) is 10.1. The van der Waals surface area contributed by atoms with E-state index >= 15 is 0 Å². The van der Waals surface area contributed by atoms with E-state index in [4.69, 9.17) is 4.52 Å². The highest BCUT2D eigenvalue weighted by Crippen LogP contribution is 2.29. The highest BCUT2D eigenvalue weighted by molar-refractivity contribution is 9.11. The number of carbonyl (C=O) groups is 1. The normalized spacial score (nSPS) is 16.5. The number of sulfonamides is 1. The second kappa shape index (κ2) is 6.58. The van der Waals surface area contributed by atoms with Crippen LogP contribution in [-0.4, -0.2) is 54.9 Å². The minimum Gasteiger partial charge on any atom is -0.361 e. The maximum absolute atomic E-state index is 12.6. The van der Waals surface area contributed by atoms with Gasteiger partial charge in [-0.2, -0.15) is 4.31 Å². The Labute approximate surface area is 152 Å². The van der Waals surface area contributed by atoms with Gasteiger partial charge in [0.1, 0.15) is 15.5 Å². The van der Waals surface area contributed by atoms with Crippen LogP contribution in [0.4, 0.5) is 0 Å². The summed E-state index contributed by atoms with van der Waals surface area (Å²) in [5.41, 5.74) is 1.02. The van der Waals surface area contributed by atoms with Gasteiger partial charge in [0.2, 0.25) is 0 Å². The third kappa shape index (κ3) is 3.15. The highest BCUT2D eigenvalue weighted by atomic mass is 79.9. The van der Waals surface area contributed by atoms with E-state index in [0.717, 1.165) is 3.79 Å². The zero-order valence-electron chi connectivity index (χ0n) is 13.2. The number of rotatable bonds is 3. The van der Waals surface area contributed by atoms with Crippen LogP contribution in [0.2, 0.25) is 0 Å². The first-order chi connectivity index (χ1) is 11.3. The van der Waals surface area contributed by atoms with E-state index in [0.29, 0.717) is 34.3 Å². The van der Waals surface area contributed by atoms with Crippen molar-refractivity contribution in [1.29, 1.82) is 0 Å². The van der Waals surface area contributed by atoms with Crippen molar-refractivity contribution in [3.8, 4) is 0 Å². The molecule has 2 aromatic heterocycles. The fourth-order valence-corrected chi connectivity index (χ4v) is 6.23. The largest absolute Gasteiger partial charge is 0.361 e. The molecule has 0 bridgehead atoms. The maximum atomic E-state index is 12.6. The summed E-state index contributed by atoms with van der Waals surface area (Å²) in [5.74, 6) is 0.318. The molecule has 3 rings (SSSR count). The van der Waals surface area contributed by atoms with Crippen LogP contribution in [0.25, 0.3) is 0 Å². The fourth-order valence-electron chi connectivity index (χ4n) is 2.64. The van der Waals surface area contributed by atoms with Crippen molar-refractivity contribution < 1.29 is 17.7 Å². The Morgan fingerprint density at radius 3 is 2.42 bits per heavy atom. The van der Waals surface area contributed by atoms with Gasteiger partial charge in [0.05, 0.1) is 9.48 Å². The zero-order valence-corrected chi connectivity index (χ0v) is 16.4. The number of amides is 1. The number of nitrogens with zero attached hydrogens (tertiary/aromatic N) is 3. The molecule has 0 spiro atoms. The van der Waals surface area contributed by atoms with Crippen molar-refractivity contribution in [2.75, 3.05) is 26.2 Å². The van der Waals surface area contributed by atoms with Gasteiger partial charge in [-0.1, -0.05) is 5.16 Å². The Bertz CT molecular complexity index is 847. The molecule has 0 atom stereocenters. The van der Waals surface area contributed by atoms with Gasteiger partial charge >= 0.3 is 0 Å². The van der Waals surface area contributed by atoms with Crippen LogP contribution in [0.15, 0.2) is 24.7 Å². The van der Waals surface area contributed by atoms with Crippen LogP contribution in [0, 0.1) is 13.8 Å². The summed E-state index contributed by atoms with van der Waals surface area (Å²) in [5, 5.41) is 3.80. The number of halogens is 1. The summed E-state index contributed by atoms with van der Waals surface area (Å²) in [7, 11) is -3.51. The van der Waals surface area contributed by atoms with E-state index in [9.17, 15) is 13.2 Å². The van der Waals surface area contributed by atoms with Crippen LogP contribution in [0.1, 0.15) is 21.8 Å². The molecule has 1 saturated heterocycles. The van der Waals surface area contributed by atoms with Gasteiger partial charge in [-0.05, 0) is 41.9 Å². The second-order valence-electron chi connectivity index (χ2n) is 5.45. The first-order valence-corrected chi connectivity index (χ1v) is 10.3. The van der Waals surface area contributed by atoms with Gasteiger partial charge in [-0.25, -0.2) is 8.42 Å². The fraction of sp³-hybridized carbons (Fsp3) is 0.429. The molecule has 0 saturated carbocycles. The smallest absolute Gasteiger partial charge is 0.259 e. The summed E-state index contributed by atoms with van der Waals surface area (Å²) in [6.07, 6.45) is 0. The lowest BCUT2D eigenvalue weighted by Gasteiger charge is -2.33. The number of carbonyl (C=O) groups excluding carboxylic acids is 1. The van der Waals surface area contributed by atoms with Crippen LogP contribution in [-0.2, 0) is 10.0 Å². The molecule has 3 heterocycles. The van der Waals surface area contributed by atoms with Crippen LogP contribution in [0.3, 0.4) is 0 Å². The monoisotopic (exact) mass is 433 g/mol. The SMILES string of the molecule is Cc1noc(C)c1C(=O)N1CCN(S(=O)(=O)c2ccc(Br)s2)CC1. The predicted molar refractivity (Wildman–Crippen MR) is 92.7 cm³/mol. The first kappa shape index (κ1) is 17.6. The third-order valence-electron chi connectivity index (χ3n) is 3.92. The topological polar surface area (TPSA) is 83.7 Å². The number of thiophene rings is 1. The van der Waals surface area contributed by atoms with Crippen LogP contribution >= 0.6 is 27.3 Å². The molecule has 1 aliphatic rings. The highest BCUT2D eigenvalue weighted by Gasteiger charge is 2.32. The van der Waals surface area contributed by atoms with Gasteiger partial charge in [-0.15, -0.1) is 11.3 Å². The summed E-state index contributed by atoms with van der Waals surface area (Å²) < 4.78 is 32.7. The third-order valence-corrected chi connectivity index (χ3v) is 7.91. The molecular formula is C14H16BrN3O4S2. The Morgan fingerprint density at radius 2 is 1.92 bits per heavy atom. The number of hydrogen-bond acceptors (Lipinski definition) is 6.